The lowest BCUT2D eigenvalue weighted by Gasteiger charge is -2.20. The van der Waals surface area contributed by atoms with Crippen LogP contribution in [0, 0.1) is 6.92 Å². The number of hydrogen-bond donors (Lipinski definition) is 1. The first-order valence-corrected chi connectivity index (χ1v) is 16.5. The molecule has 41 heavy (non-hydrogen) atoms. The van der Waals surface area contributed by atoms with Crippen molar-refractivity contribution in [3.05, 3.63) is 78.2 Å². The third kappa shape index (κ3) is 8.57. The normalized spacial score (nSPS) is 21.1. The van der Waals surface area contributed by atoms with Crippen LogP contribution in [0.2, 0.25) is 0 Å². The van der Waals surface area contributed by atoms with E-state index in [4.69, 9.17) is 14.2 Å². The van der Waals surface area contributed by atoms with Gasteiger partial charge in [-0.1, -0.05) is 18.7 Å². The van der Waals surface area contributed by atoms with Crippen LogP contribution in [0.3, 0.4) is 0 Å². The van der Waals surface area contributed by atoms with Crippen molar-refractivity contribution in [2.75, 3.05) is 29.5 Å². The summed E-state index contributed by atoms with van der Waals surface area (Å²) in [6, 6.07) is 10.0. The van der Waals surface area contributed by atoms with Crippen molar-refractivity contribution in [2.45, 2.75) is 38.7 Å². The van der Waals surface area contributed by atoms with Crippen LogP contribution in [0.1, 0.15) is 31.4 Å². The van der Waals surface area contributed by atoms with Gasteiger partial charge in [0.1, 0.15) is 39.7 Å². The lowest BCUT2D eigenvalue weighted by atomic mass is 10.1. The molecule has 0 radical (unpaired) electrons. The van der Waals surface area contributed by atoms with Gasteiger partial charge in [-0.15, -0.1) is 0 Å². The number of anilines is 1. The van der Waals surface area contributed by atoms with Crippen molar-refractivity contribution in [1.29, 1.82) is 0 Å². The fourth-order valence-corrected chi connectivity index (χ4v) is 5.97. The summed E-state index contributed by atoms with van der Waals surface area (Å²) < 4.78 is 67.5. The standard InChI is InChI=1S/C28H33N3O8S2/c1-20-9-12-23(38-24-13-10-22(11-14-24)31-19-27(32)30-41(31,35)36)7-4-5-8-25(20)39-26-15-16-28(29-21(26)2)37-17-6-18-40(3,33)34/h4-5,8,10-11,13-16,23H,1,6-7,9,12,17-19H2,2-3H3,(H,30,32)/b5-4-,25-8+/t23-/m0/s1. The fourth-order valence-electron chi connectivity index (χ4n) is 4.18. The average Bonchev–Trinajstić information content (AvgIpc) is 3.22. The van der Waals surface area contributed by atoms with Crippen molar-refractivity contribution in [3.8, 4) is 17.4 Å². The van der Waals surface area contributed by atoms with Crippen LogP contribution in [0.4, 0.5) is 5.69 Å². The number of allylic oxidation sites excluding steroid dienone is 3. The zero-order valence-electron chi connectivity index (χ0n) is 22.9. The number of carbonyl (C=O) groups is 1. The molecule has 1 fully saturated rings. The van der Waals surface area contributed by atoms with E-state index in [-0.39, 0.29) is 25.0 Å². The minimum Gasteiger partial charge on any atom is -0.490 e. The molecule has 4 rings (SSSR count). The predicted molar refractivity (Wildman–Crippen MR) is 155 cm³/mol. The Bertz CT molecular complexity index is 1570. The average molecular weight is 604 g/mol. The Morgan fingerprint density at radius 3 is 2.59 bits per heavy atom. The molecular weight excluding hydrogens is 570 g/mol. The number of aryl methyl sites for hydroxylation is 1. The van der Waals surface area contributed by atoms with Gasteiger partial charge in [-0.2, -0.15) is 8.42 Å². The van der Waals surface area contributed by atoms with Crippen LogP contribution in [0.15, 0.2) is 72.5 Å². The van der Waals surface area contributed by atoms with E-state index in [2.05, 4.69) is 11.6 Å². The maximum absolute atomic E-state index is 12.1. The van der Waals surface area contributed by atoms with Gasteiger partial charge in [0, 0.05) is 18.7 Å². The van der Waals surface area contributed by atoms with E-state index < -0.39 is 26.0 Å². The van der Waals surface area contributed by atoms with Gasteiger partial charge < -0.3 is 14.2 Å². The van der Waals surface area contributed by atoms with Crippen molar-refractivity contribution >= 4 is 31.6 Å². The Hall–Kier alpha value is -3.84. The molecule has 13 heteroatoms. The zero-order chi connectivity index (χ0) is 29.6. The van der Waals surface area contributed by atoms with Gasteiger partial charge in [0.05, 0.1) is 23.7 Å². The number of nitrogens with zero attached hydrogens (tertiary/aromatic N) is 2. The molecule has 2 aliphatic rings. The number of nitrogens with one attached hydrogen (secondary N) is 1. The van der Waals surface area contributed by atoms with E-state index in [1.165, 1.54) is 6.26 Å². The van der Waals surface area contributed by atoms with Crippen LogP contribution in [0.5, 0.6) is 17.4 Å². The Morgan fingerprint density at radius 2 is 1.93 bits per heavy atom. The molecular formula is C28H33N3O8S2. The quantitative estimate of drug-likeness (QED) is 0.405. The second kappa shape index (κ2) is 12.8. The van der Waals surface area contributed by atoms with Gasteiger partial charge in [-0.3, -0.25) is 4.79 Å². The van der Waals surface area contributed by atoms with E-state index in [9.17, 15) is 21.6 Å². The molecule has 0 saturated carbocycles. The largest absolute Gasteiger partial charge is 0.490 e. The SMILES string of the molecule is C=C1CC[C@@H](Oc2ccc(N3CC(=O)NS3(=O)=O)cc2)C/C=C\C=C/1Oc1ccc(OCCCS(C)(=O)=O)nc1C. The third-order valence-electron chi connectivity index (χ3n) is 6.29. The molecule has 1 atom stereocenters. The first-order chi connectivity index (χ1) is 19.4. The summed E-state index contributed by atoms with van der Waals surface area (Å²) in [6.45, 7) is 5.99. The summed E-state index contributed by atoms with van der Waals surface area (Å²) in [5.41, 5.74) is 1.79. The molecule has 1 saturated heterocycles. The molecule has 1 aliphatic carbocycles. The van der Waals surface area contributed by atoms with Crippen molar-refractivity contribution < 1.29 is 35.8 Å². The molecule has 11 nitrogen and oxygen atoms in total. The van der Waals surface area contributed by atoms with E-state index in [0.29, 0.717) is 60.2 Å². The monoisotopic (exact) mass is 603 g/mol. The fraction of sp³-hybridized carbons (Fsp3) is 0.357. The summed E-state index contributed by atoms with van der Waals surface area (Å²) in [4.78, 5) is 15.9. The number of benzene rings is 1. The minimum atomic E-state index is -3.86. The number of aromatic nitrogens is 1. The topological polar surface area (TPSA) is 141 Å². The number of rotatable bonds is 10. The molecule has 1 aliphatic heterocycles. The summed E-state index contributed by atoms with van der Waals surface area (Å²) in [6.07, 6.45) is 9.07. The van der Waals surface area contributed by atoms with Crippen LogP contribution >= 0.6 is 0 Å². The molecule has 2 aromatic rings. The number of ether oxygens (including phenoxy) is 3. The smallest absolute Gasteiger partial charge is 0.326 e. The predicted octanol–water partition coefficient (Wildman–Crippen LogP) is 3.39. The van der Waals surface area contributed by atoms with Gasteiger partial charge >= 0.3 is 10.2 Å². The lowest BCUT2D eigenvalue weighted by molar-refractivity contribution is -0.117. The van der Waals surface area contributed by atoms with Crippen LogP contribution in [-0.4, -0.2) is 59.0 Å². The molecule has 2 heterocycles. The first-order valence-electron chi connectivity index (χ1n) is 13.0. The molecule has 1 aromatic carbocycles. The van der Waals surface area contributed by atoms with Crippen molar-refractivity contribution in [3.63, 3.8) is 0 Å². The number of amides is 1. The Kier molecular flexibility index (Phi) is 9.38. The Morgan fingerprint density at radius 1 is 1.17 bits per heavy atom. The third-order valence-corrected chi connectivity index (χ3v) is 8.72. The Labute approximate surface area is 240 Å². The highest BCUT2D eigenvalue weighted by Crippen LogP contribution is 2.29. The molecule has 0 bridgehead atoms. The summed E-state index contributed by atoms with van der Waals surface area (Å²) in [5.74, 6) is 1.62. The summed E-state index contributed by atoms with van der Waals surface area (Å²) >= 11 is 0. The van der Waals surface area contributed by atoms with Crippen LogP contribution < -0.4 is 23.2 Å². The maximum Gasteiger partial charge on any atom is 0.326 e. The lowest BCUT2D eigenvalue weighted by Crippen LogP contribution is -2.29. The van der Waals surface area contributed by atoms with E-state index >= 15 is 0 Å². The van der Waals surface area contributed by atoms with Crippen LogP contribution in [-0.2, 0) is 24.8 Å². The number of hydrogen-bond acceptors (Lipinski definition) is 9. The molecule has 1 aromatic heterocycles. The molecule has 1 amide bonds. The zero-order valence-corrected chi connectivity index (χ0v) is 24.5. The second-order valence-electron chi connectivity index (χ2n) is 9.77. The molecule has 0 spiro atoms. The number of sulfone groups is 1. The van der Waals surface area contributed by atoms with Gasteiger partial charge in [-0.05, 0) is 68.2 Å². The van der Waals surface area contributed by atoms with Gasteiger partial charge in [0.25, 0.3) is 5.91 Å². The van der Waals surface area contributed by atoms with E-state index in [1.807, 2.05) is 23.0 Å². The Balaban J connectivity index is 1.31. The highest BCUT2D eigenvalue weighted by atomic mass is 32.2. The molecule has 1 N–H and O–H groups in total. The van der Waals surface area contributed by atoms with Gasteiger partial charge in [0.15, 0.2) is 0 Å². The molecule has 220 valence electrons. The van der Waals surface area contributed by atoms with Crippen molar-refractivity contribution in [1.82, 2.24) is 9.71 Å². The summed E-state index contributed by atoms with van der Waals surface area (Å²) in [5, 5.41) is 0. The van der Waals surface area contributed by atoms with Gasteiger partial charge in [-0.25, -0.2) is 22.4 Å². The highest BCUT2D eigenvalue weighted by molar-refractivity contribution is 7.92. The first kappa shape index (κ1) is 30.1. The molecule has 0 unspecified atom stereocenters. The van der Waals surface area contributed by atoms with Crippen molar-refractivity contribution in [2.24, 2.45) is 0 Å². The van der Waals surface area contributed by atoms with Gasteiger partial charge in [0.2, 0.25) is 5.88 Å². The highest BCUT2D eigenvalue weighted by Gasteiger charge is 2.33. The van der Waals surface area contributed by atoms with Crippen LogP contribution in [0.25, 0.3) is 0 Å². The van der Waals surface area contributed by atoms with E-state index in [0.717, 1.165) is 9.88 Å². The van der Waals surface area contributed by atoms with E-state index in [1.54, 1.807) is 43.3 Å². The second-order valence-corrected chi connectivity index (χ2v) is 13.6. The summed E-state index contributed by atoms with van der Waals surface area (Å²) in [7, 11) is -6.89. The minimum absolute atomic E-state index is 0.0569. The number of carbonyl (C=O) groups excluding carboxylic acids is 1. The number of pyridine rings is 1. The maximum atomic E-state index is 12.1.